The summed E-state index contributed by atoms with van der Waals surface area (Å²) in [6.07, 6.45) is 2.51. The van der Waals surface area contributed by atoms with Gasteiger partial charge in [0.15, 0.2) is 16.2 Å². The average Bonchev–Trinajstić information content (AvgIpc) is 2.72. The Labute approximate surface area is 119 Å². The number of rotatable bonds is 2. The van der Waals surface area contributed by atoms with Gasteiger partial charge in [0.2, 0.25) is 0 Å². The van der Waals surface area contributed by atoms with Gasteiger partial charge in [-0.15, -0.1) is 0 Å². The molecule has 2 aromatic rings. The smallest absolute Gasteiger partial charge is 0.174 e. The first-order chi connectivity index (χ1) is 9.25. The molecule has 3 rings (SSSR count). The summed E-state index contributed by atoms with van der Waals surface area (Å²) >= 11 is 3.35. The molecule has 1 aromatic heterocycles. The highest BCUT2D eigenvalue weighted by Gasteiger charge is 2.18. The minimum Gasteiger partial charge on any atom is -0.490 e. The maximum absolute atomic E-state index is 6.25. The van der Waals surface area contributed by atoms with Crippen LogP contribution in [0.1, 0.15) is 23.6 Å². The van der Waals surface area contributed by atoms with E-state index in [1.54, 1.807) is 6.26 Å². The first-order valence-corrected chi connectivity index (χ1v) is 6.93. The van der Waals surface area contributed by atoms with Gasteiger partial charge in [-0.25, -0.2) is 0 Å². The highest BCUT2D eigenvalue weighted by molar-refractivity contribution is 9.10. The Morgan fingerprint density at radius 1 is 1.11 bits per heavy atom. The predicted molar refractivity (Wildman–Crippen MR) is 74.5 cm³/mol. The Morgan fingerprint density at radius 3 is 2.63 bits per heavy atom. The van der Waals surface area contributed by atoms with Crippen molar-refractivity contribution in [1.82, 2.24) is 0 Å². The van der Waals surface area contributed by atoms with Crippen molar-refractivity contribution in [2.45, 2.75) is 12.5 Å². The van der Waals surface area contributed by atoms with E-state index in [4.69, 9.17) is 19.6 Å². The Balaban J connectivity index is 1.93. The monoisotopic (exact) mass is 323 g/mol. The molecule has 1 aromatic carbocycles. The zero-order valence-corrected chi connectivity index (χ0v) is 11.9. The summed E-state index contributed by atoms with van der Waals surface area (Å²) in [4.78, 5) is 0. The lowest BCUT2D eigenvalue weighted by molar-refractivity contribution is 0.297. The van der Waals surface area contributed by atoms with Crippen molar-refractivity contribution in [3.8, 4) is 11.5 Å². The fraction of sp³-hybridized carbons (Fsp3) is 0.286. The third-order valence-corrected chi connectivity index (χ3v) is 3.76. The molecule has 5 heteroatoms. The highest BCUT2D eigenvalue weighted by Crippen LogP contribution is 2.35. The standard InChI is InChI=1S/C14H14BrNO3/c15-14-10(4-7-19-14)13(16)9-2-3-11-12(8-9)18-6-1-5-17-11/h2-4,7-8,13H,1,5-6,16H2. The van der Waals surface area contributed by atoms with Gasteiger partial charge in [0.05, 0.1) is 25.5 Å². The summed E-state index contributed by atoms with van der Waals surface area (Å²) in [6.45, 7) is 1.35. The van der Waals surface area contributed by atoms with Crippen LogP contribution in [0.2, 0.25) is 0 Å². The molecule has 0 bridgehead atoms. The lowest BCUT2D eigenvalue weighted by atomic mass is 10.0. The van der Waals surface area contributed by atoms with E-state index in [0.717, 1.165) is 29.0 Å². The molecule has 1 atom stereocenters. The third kappa shape index (κ3) is 2.48. The van der Waals surface area contributed by atoms with Crippen LogP contribution in [0, 0.1) is 0 Å². The van der Waals surface area contributed by atoms with Crippen LogP contribution in [0.25, 0.3) is 0 Å². The second-order valence-electron chi connectivity index (χ2n) is 4.38. The molecular formula is C14H14BrNO3. The van der Waals surface area contributed by atoms with Crippen LogP contribution in [0.3, 0.4) is 0 Å². The van der Waals surface area contributed by atoms with Gasteiger partial charge in [-0.1, -0.05) is 6.07 Å². The zero-order chi connectivity index (χ0) is 13.2. The number of nitrogens with two attached hydrogens (primary N) is 1. The quantitative estimate of drug-likeness (QED) is 0.921. The number of ether oxygens (including phenoxy) is 2. The molecular weight excluding hydrogens is 310 g/mol. The van der Waals surface area contributed by atoms with E-state index < -0.39 is 0 Å². The molecule has 0 aliphatic carbocycles. The highest BCUT2D eigenvalue weighted by atomic mass is 79.9. The number of halogens is 1. The van der Waals surface area contributed by atoms with Crippen LogP contribution >= 0.6 is 15.9 Å². The van der Waals surface area contributed by atoms with Crippen molar-refractivity contribution in [3.63, 3.8) is 0 Å². The van der Waals surface area contributed by atoms with E-state index in [1.165, 1.54) is 0 Å². The number of fused-ring (bicyclic) bond motifs is 1. The zero-order valence-electron chi connectivity index (χ0n) is 10.3. The average molecular weight is 324 g/mol. The van der Waals surface area contributed by atoms with E-state index in [-0.39, 0.29) is 6.04 Å². The molecule has 19 heavy (non-hydrogen) atoms. The Morgan fingerprint density at radius 2 is 1.89 bits per heavy atom. The van der Waals surface area contributed by atoms with Gasteiger partial charge in [-0.05, 0) is 39.7 Å². The predicted octanol–water partition coefficient (Wildman–Crippen LogP) is 3.25. The van der Waals surface area contributed by atoms with E-state index in [2.05, 4.69) is 15.9 Å². The van der Waals surface area contributed by atoms with Crippen molar-refractivity contribution in [1.29, 1.82) is 0 Å². The molecule has 0 spiro atoms. The fourth-order valence-corrected chi connectivity index (χ4v) is 2.57. The SMILES string of the molecule is NC(c1ccc2c(c1)OCCCO2)c1ccoc1Br. The maximum Gasteiger partial charge on any atom is 0.174 e. The molecule has 100 valence electrons. The van der Waals surface area contributed by atoms with Crippen LogP contribution in [-0.4, -0.2) is 13.2 Å². The lowest BCUT2D eigenvalue weighted by Gasteiger charge is -2.14. The summed E-state index contributed by atoms with van der Waals surface area (Å²) < 4.78 is 17.2. The van der Waals surface area contributed by atoms with Gasteiger partial charge < -0.3 is 19.6 Å². The number of benzene rings is 1. The van der Waals surface area contributed by atoms with Gasteiger partial charge in [-0.2, -0.15) is 0 Å². The molecule has 1 aliphatic rings. The van der Waals surface area contributed by atoms with Gasteiger partial charge in [0.1, 0.15) is 0 Å². The Bertz CT molecular complexity index is 582. The summed E-state index contributed by atoms with van der Waals surface area (Å²) in [6, 6.07) is 7.40. The van der Waals surface area contributed by atoms with Crippen molar-refractivity contribution in [2.75, 3.05) is 13.2 Å². The van der Waals surface area contributed by atoms with Crippen LogP contribution in [0.4, 0.5) is 0 Å². The van der Waals surface area contributed by atoms with E-state index in [0.29, 0.717) is 17.9 Å². The largest absolute Gasteiger partial charge is 0.490 e. The maximum atomic E-state index is 6.25. The molecule has 0 amide bonds. The van der Waals surface area contributed by atoms with Crippen molar-refractivity contribution in [2.24, 2.45) is 5.73 Å². The molecule has 0 radical (unpaired) electrons. The topological polar surface area (TPSA) is 57.6 Å². The molecule has 1 unspecified atom stereocenters. The molecule has 0 saturated heterocycles. The third-order valence-electron chi connectivity index (χ3n) is 3.11. The van der Waals surface area contributed by atoms with Crippen LogP contribution in [-0.2, 0) is 0 Å². The van der Waals surface area contributed by atoms with E-state index in [1.807, 2.05) is 24.3 Å². The Kier molecular flexibility index (Phi) is 3.48. The van der Waals surface area contributed by atoms with Crippen LogP contribution < -0.4 is 15.2 Å². The van der Waals surface area contributed by atoms with Crippen LogP contribution in [0.15, 0.2) is 39.6 Å². The summed E-state index contributed by atoms with van der Waals surface area (Å²) in [7, 11) is 0. The summed E-state index contributed by atoms with van der Waals surface area (Å²) in [5.41, 5.74) is 8.12. The minimum absolute atomic E-state index is 0.259. The fourth-order valence-electron chi connectivity index (χ4n) is 2.08. The van der Waals surface area contributed by atoms with Crippen molar-refractivity contribution in [3.05, 3.63) is 46.3 Å². The minimum atomic E-state index is -0.259. The molecule has 0 saturated carbocycles. The van der Waals surface area contributed by atoms with Gasteiger partial charge in [0, 0.05) is 12.0 Å². The normalized spacial score (nSPS) is 15.9. The molecule has 2 N–H and O–H groups in total. The van der Waals surface area contributed by atoms with Gasteiger partial charge in [0.25, 0.3) is 0 Å². The molecule has 0 fully saturated rings. The molecule has 1 aliphatic heterocycles. The number of hydrogen-bond acceptors (Lipinski definition) is 4. The first-order valence-electron chi connectivity index (χ1n) is 6.14. The molecule has 4 nitrogen and oxygen atoms in total. The summed E-state index contributed by atoms with van der Waals surface area (Å²) in [5.74, 6) is 1.53. The lowest BCUT2D eigenvalue weighted by Crippen LogP contribution is -2.11. The van der Waals surface area contributed by atoms with Gasteiger partial charge in [-0.3, -0.25) is 0 Å². The summed E-state index contributed by atoms with van der Waals surface area (Å²) in [5, 5.41) is 0. The van der Waals surface area contributed by atoms with Crippen molar-refractivity contribution < 1.29 is 13.9 Å². The second-order valence-corrected chi connectivity index (χ2v) is 5.10. The number of furan rings is 1. The van der Waals surface area contributed by atoms with E-state index in [9.17, 15) is 0 Å². The van der Waals surface area contributed by atoms with Crippen molar-refractivity contribution >= 4 is 15.9 Å². The van der Waals surface area contributed by atoms with Crippen LogP contribution in [0.5, 0.6) is 11.5 Å². The van der Waals surface area contributed by atoms with E-state index >= 15 is 0 Å². The number of hydrogen-bond donors (Lipinski definition) is 1. The second kappa shape index (κ2) is 5.27. The first kappa shape index (κ1) is 12.6. The molecule has 2 heterocycles. The van der Waals surface area contributed by atoms with Gasteiger partial charge >= 0.3 is 0 Å². The Hall–Kier alpha value is -1.46.